The first-order chi connectivity index (χ1) is 9.88. The number of nitrogens with one attached hydrogen (secondary N) is 1. The Hall–Kier alpha value is -1.89. The highest BCUT2D eigenvalue weighted by molar-refractivity contribution is 8.00. The zero-order chi connectivity index (χ0) is 15.6. The molecule has 112 valence electrons. The number of thioether (sulfide) groups is 1. The molecule has 1 atom stereocenters. The van der Waals surface area contributed by atoms with Crippen LogP contribution in [-0.2, 0) is 11.8 Å². The minimum atomic E-state index is -0.364. The summed E-state index contributed by atoms with van der Waals surface area (Å²) < 4.78 is 15.3. The number of aromatic nitrogens is 3. The van der Waals surface area contributed by atoms with Gasteiger partial charge in [0, 0.05) is 12.7 Å². The van der Waals surface area contributed by atoms with Crippen LogP contribution in [0, 0.1) is 19.7 Å². The van der Waals surface area contributed by atoms with Gasteiger partial charge in [0.05, 0.1) is 5.25 Å². The van der Waals surface area contributed by atoms with Gasteiger partial charge in [-0.2, -0.15) is 0 Å². The van der Waals surface area contributed by atoms with Gasteiger partial charge in [-0.25, -0.2) is 4.39 Å². The third-order valence-electron chi connectivity index (χ3n) is 3.14. The molecular weight excluding hydrogens is 291 g/mol. The molecule has 1 aromatic carbocycles. The molecule has 0 saturated carbocycles. The lowest BCUT2D eigenvalue weighted by molar-refractivity contribution is -0.115. The molecule has 0 aliphatic carbocycles. The highest BCUT2D eigenvalue weighted by Gasteiger charge is 2.18. The van der Waals surface area contributed by atoms with Crippen molar-refractivity contribution in [2.75, 3.05) is 5.32 Å². The van der Waals surface area contributed by atoms with E-state index in [0.29, 0.717) is 16.4 Å². The highest BCUT2D eigenvalue weighted by Crippen LogP contribution is 2.22. The summed E-state index contributed by atoms with van der Waals surface area (Å²) in [6, 6.07) is 4.63. The molecule has 5 nitrogen and oxygen atoms in total. The predicted molar refractivity (Wildman–Crippen MR) is 80.8 cm³/mol. The number of halogens is 1. The minimum absolute atomic E-state index is 0.205. The molecule has 7 heteroatoms. The van der Waals surface area contributed by atoms with Crippen molar-refractivity contribution in [2.24, 2.45) is 7.05 Å². The molecule has 1 N–H and O–H groups in total. The Morgan fingerprint density at radius 3 is 2.67 bits per heavy atom. The van der Waals surface area contributed by atoms with E-state index in [4.69, 9.17) is 0 Å². The molecule has 0 unspecified atom stereocenters. The van der Waals surface area contributed by atoms with E-state index in [2.05, 4.69) is 15.5 Å². The first kappa shape index (κ1) is 15.5. The SMILES string of the molecule is Cc1ccc(NC(=O)[C@@H](C)Sc2nnc(C)n2C)cc1F. The van der Waals surface area contributed by atoms with Crippen LogP contribution in [0.1, 0.15) is 18.3 Å². The van der Waals surface area contributed by atoms with Gasteiger partial charge in [0.1, 0.15) is 11.6 Å². The fraction of sp³-hybridized carbons (Fsp3) is 0.357. The summed E-state index contributed by atoms with van der Waals surface area (Å²) in [5.41, 5.74) is 0.995. The van der Waals surface area contributed by atoms with E-state index >= 15 is 0 Å². The number of aryl methyl sites for hydroxylation is 2. The number of carbonyl (C=O) groups is 1. The molecule has 1 amide bonds. The third kappa shape index (κ3) is 3.60. The van der Waals surface area contributed by atoms with Gasteiger partial charge in [-0.3, -0.25) is 4.79 Å². The third-order valence-corrected chi connectivity index (χ3v) is 4.28. The number of hydrogen-bond donors (Lipinski definition) is 1. The van der Waals surface area contributed by atoms with Crippen LogP contribution in [0.4, 0.5) is 10.1 Å². The summed E-state index contributed by atoms with van der Waals surface area (Å²) in [5, 5.41) is 11.0. The molecule has 0 bridgehead atoms. The molecular formula is C14H17FN4OS. The van der Waals surface area contributed by atoms with Crippen molar-refractivity contribution in [1.29, 1.82) is 0 Å². The number of amides is 1. The molecule has 0 radical (unpaired) electrons. The fourth-order valence-electron chi connectivity index (χ4n) is 1.62. The summed E-state index contributed by atoms with van der Waals surface area (Å²) >= 11 is 1.31. The van der Waals surface area contributed by atoms with E-state index in [1.807, 2.05) is 18.5 Å². The molecule has 1 heterocycles. The Kier molecular flexibility index (Phi) is 4.62. The normalized spacial score (nSPS) is 12.2. The Bertz CT molecular complexity index is 671. The highest BCUT2D eigenvalue weighted by atomic mass is 32.2. The van der Waals surface area contributed by atoms with Crippen LogP contribution in [0.3, 0.4) is 0 Å². The summed E-state index contributed by atoms with van der Waals surface area (Å²) in [6.45, 7) is 5.29. The van der Waals surface area contributed by atoms with Crippen LogP contribution in [0.25, 0.3) is 0 Å². The second-order valence-corrected chi connectivity index (χ2v) is 6.11. The van der Waals surface area contributed by atoms with Gasteiger partial charge in [-0.15, -0.1) is 10.2 Å². The van der Waals surface area contributed by atoms with Crippen LogP contribution in [-0.4, -0.2) is 25.9 Å². The van der Waals surface area contributed by atoms with Gasteiger partial charge in [0.15, 0.2) is 5.16 Å². The molecule has 2 rings (SSSR count). The molecule has 0 saturated heterocycles. The van der Waals surface area contributed by atoms with Crippen LogP contribution in [0.15, 0.2) is 23.4 Å². The maximum Gasteiger partial charge on any atom is 0.237 e. The van der Waals surface area contributed by atoms with Crippen molar-refractivity contribution in [3.63, 3.8) is 0 Å². The van der Waals surface area contributed by atoms with E-state index in [0.717, 1.165) is 5.82 Å². The zero-order valence-electron chi connectivity index (χ0n) is 12.3. The van der Waals surface area contributed by atoms with E-state index < -0.39 is 0 Å². The number of anilines is 1. The van der Waals surface area contributed by atoms with Crippen molar-refractivity contribution >= 4 is 23.4 Å². The maximum atomic E-state index is 13.5. The molecule has 0 aliphatic rings. The largest absolute Gasteiger partial charge is 0.325 e. The Balaban J connectivity index is 2.02. The van der Waals surface area contributed by atoms with E-state index in [1.165, 1.54) is 17.8 Å². The quantitative estimate of drug-likeness (QED) is 0.882. The molecule has 21 heavy (non-hydrogen) atoms. The van der Waals surface area contributed by atoms with Crippen molar-refractivity contribution in [2.45, 2.75) is 31.2 Å². The first-order valence-corrected chi connectivity index (χ1v) is 7.36. The predicted octanol–water partition coefficient (Wildman–Crippen LogP) is 2.69. The lowest BCUT2D eigenvalue weighted by atomic mass is 10.2. The molecule has 0 spiro atoms. The van der Waals surface area contributed by atoms with Crippen LogP contribution in [0.2, 0.25) is 0 Å². The van der Waals surface area contributed by atoms with E-state index in [1.54, 1.807) is 26.0 Å². The van der Waals surface area contributed by atoms with Gasteiger partial charge in [-0.05, 0) is 38.5 Å². The molecule has 0 fully saturated rings. The second-order valence-electron chi connectivity index (χ2n) is 4.80. The van der Waals surface area contributed by atoms with Crippen molar-refractivity contribution in [3.05, 3.63) is 35.4 Å². The Labute approximate surface area is 127 Å². The van der Waals surface area contributed by atoms with E-state index in [-0.39, 0.29) is 17.0 Å². The number of rotatable bonds is 4. The Morgan fingerprint density at radius 2 is 2.10 bits per heavy atom. The summed E-state index contributed by atoms with van der Waals surface area (Å²) in [6.07, 6.45) is 0. The van der Waals surface area contributed by atoms with Crippen molar-refractivity contribution in [3.8, 4) is 0 Å². The second kappa shape index (κ2) is 6.26. The monoisotopic (exact) mass is 308 g/mol. The van der Waals surface area contributed by atoms with Gasteiger partial charge in [-0.1, -0.05) is 17.8 Å². The number of carbonyl (C=O) groups excluding carboxylic acids is 1. The van der Waals surface area contributed by atoms with E-state index in [9.17, 15) is 9.18 Å². The van der Waals surface area contributed by atoms with Crippen LogP contribution in [0.5, 0.6) is 0 Å². The van der Waals surface area contributed by atoms with Gasteiger partial charge in [0.2, 0.25) is 5.91 Å². The summed E-state index contributed by atoms with van der Waals surface area (Å²) in [4.78, 5) is 12.1. The fourth-order valence-corrected chi connectivity index (χ4v) is 2.48. The lowest BCUT2D eigenvalue weighted by Gasteiger charge is -2.12. The minimum Gasteiger partial charge on any atom is -0.325 e. The van der Waals surface area contributed by atoms with Crippen LogP contribution < -0.4 is 5.32 Å². The molecule has 1 aromatic heterocycles. The molecule has 2 aromatic rings. The molecule has 0 aliphatic heterocycles. The Morgan fingerprint density at radius 1 is 1.38 bits per heavy atom. The summed E-state index contributed by atoms with van der Waals surface area (Å²) in [5.74, 6) is 0.242. The van der Waals surface area contributed by atoms with Gasteiger partial charge >= 0.3 is 0 Å². The van der Waals surface area contributed by atoms with Crippen molar-refractivity contribution in [1.82, 2.24) is 14.8 Å². The van der Waals surface area contributed by atoms with Crippen molar-refractivity contribution < 1.29 is 9.18 Å². The van der Waals surface area contributed by atoms with Gasteiger partial charge in [0.25, 0.3) is 0 Å². The lowest BCUT2D eigenvalue weighted by Crippen LogP contribution is -2.23. The maximum absolute atomic E-state index is 13.5. The van der Waals surface area contributed by atoms with Crippen LogP contribution >= 0.6 is 11.8 Å². The average Bonchev–Trinajstić information content (AvgIpc) is 2.75. The first-order valence-electron chi connectivity index (χ1n) is 6.48. The number of nitrogens with zero attached hydrogens (tertiary/aromatic N) is 3. The summed E-state index contributed by atoms with van der Waals surface area (Å²) in [7, 11) is 1.84. The zero-order valence-corrected chi connectivity index (χ0v) is 13.2. The van der Waals surface area contributed by atoms with Gasteiger partial charge < -0.3 is 9.88 Å². The standard InChI is InChI=1S/C14H17FN4OS/c1-8-5-6-11(7-12(8)15)16-13(20)9(2)21-14-18-17-10(3)19(14)4/h5-7,9H,1-4H3,(H,16,20)/t9-/m1/s1. The smallest absolute Gasteiger partial charge is 0.237 e. The number of benzene rings is 1. The number of hydrogen-bond acceptors (Lipinski definition) is 4. The average molecular weight is 308 g/mol. The topological polar surface area (TPSA) is 59.8 Å².